The van der Waals surface area contributed by atoms with E-state index in [-0.39, 0.29) is 11.8 Å². The Hall–Kier alpha value is -2.54. The number of aromatic nitrogens is 1. The highest BCUT2D eigenvalue weighted by Gasteiger charge is 2.48. The molecule has 24 heavy (non-hydrogen) atoms. The lowest BCUT2D eigenvalue weighted by atomic mass is 9.87. The van der Waals surface area contributed by atoms with Gasteiger partial charge in [0.2, 0.25) is 0 Å². The average Bonchev–Trinajstić information content (AvgIpc) is 3.08. The van der Waals surface area contributed by atoms with E-state index in [0.29, 0.717) is 36.6 Å². The van der Waals surface area contributed by atoms with Gasteiger partial charge in [-0.25, -0.2) is 4.79 Å². The molecule has 2 saturated heterocycles. The number of carbonyl (C=O) groups excluding carboxylic acids is 3. The minimum Gasteiger partial charge on any atom is -0.351 e. The summed E-state index contributed by atoms with van der Waals surface area (Å²) in [6.45, 7) is 0.811. The van der Waals surface area contributed by atoms with Crippen LogP contribution in [0.15, 0.2) is 24.3 Å². The second-order valence-corrected chi connectivity index (χ2v) is 6.63. The van der Waals surface area contributed by atoms with Gasteiger partial charge in [-0.3, -0.25) is 14.9 Å². The third-order valence-corrected chi connectivity index (χ3v) is 4.97. The molecule has 1 spiro atoms. The molecule has 8 heteroatoms. The molecule has 2 aliphatic rings. The average molecular weight is 347 g/mol. The smallest absolute Gasteiger partial charge is 0.322 e. The summed E-state index contributed by atoms with van der Waals surface area (Å²) in [4.78, 5) is 40.8. The highest BCUT2D eigenvalue weighted by Crippen LogP contribution is 2.27. The molecule has 0 bridgehead atoms. The second kappa shape index (κ2) is 5.24. The number of carbonyl (C=O) groups is 3. The number of nitrogens with zero attached hydrogens (tertiary/aromatic N) is 1. The fourth-order valence-electron chi connectivity index (χ4n) is 3.36. The van der Waals surface area contributed by atoms with Crippen molar-refractivity contribution in [1.82, 2.24) is 20.5 Å². The summed E-state index contributed by atoms with van der Waals surface area (Å²) in [6, 6.07) is 6.71. The van der Waals surface area contributed by atoms with Crippen molar-refractivity contribution < 1.29 is 14.4 Å². The predicted molar refractivity (Wildman–Crippen MR) is 87.9 cm³/mol. The zero-order chi connectivity index (χ0) is 16.9. The lowest BCUT2D eigenvalue weighted by Crippen LogP contribution is -2.55. The summed E-state index contributed by atoms with van der Waals surface area (Å²) in [6.07, 6.45) is 0.810. The third kappa shape index (κ3) is 2.32. The number of imide groups is 1. The summed E-state index contributed by atoms with van der Waals surface area (Å²) >= 11 is 5.97. The molecule has 2 aliphatic heterocycles. The molecule has 2 fully saturated rings. The van der Waals surface area contributed by atoms with Crippen LogP contribution < -0.4 is 10.6 Å². The minimum absolute atomic E-state index is 0.123. The Morgan fingerprint density at radius 3 is 2.58 bits per heavy atom. The first-order valence-electron chi connectivity index (χ1n) is 7.68. The van der Waals surface area contributed by atoms with Gasteiger partial charge in [0.1, 0.15) is 11.2 Å². The fourth-order valence-corrected chi connectivity index (χ4v) is 3.54. The Kier molecular flexibility index (Phi) is 3.28. The van der Waals surface area contributed by atoms with E-state index in [4.69, 9.17) is 11.6 Å². The van der Waals surface area contributed by atoms with Crippen LogP contribution in [0.1, 0.15) is 23.3 Å². The van der Waals surface area contributed by atoms with Crippen LogP contribution in [0.3, 0.4) is 0 Å². The molecule has 0 saturated carbocycles. The maximum atomic E-state index is 12.7. The van der Waals surface area contributed by atoms with E-state index in [1.165, 1.54) is 0 Å². The number of fused-ring (bicyclic) bond motifs is 1. The number of urea groups is 1. The van der Waals surface area contributed by atoms with Gasteiger partial charge < -0.3 is 15.2 Å². The van der Waals surface area contributed by atoms with Gasteiger partial charge in [-0.2, -0.15) is 0 Å². The first-order chi connectivity index (χ1) is 11.5. The van der Waals surface area contributed by atoms with Gasteiger partial charge in [-0.05, 0) is 37.1 Å². The molecule has 3 heterocycles. The summed E-state index contributed by atoms with van der Waals surface area (Å²) in [5.74, 6) is -0.429. The number of halogens is 1. The number of likely N-dealkylation sites (tertiary alicyclic amines) is 1. The van der Waals surface area contributed by atoms with Crippen LogP contribution in [0, 0.1) is 0 Å². The van der Waals surface area contributed by atoms with Gasteiger partial charge >= 0.3 is 6.03 Å². The highest BCUT2D eigenvalue weighted by molar-refractivity contribution is 6.31. The summed E-state index contributed by atoms with van der Waals surface area (Å²) < 4.78 is 0. The lowest BCUT2D eigenvalue weighted by molar-refractivity contribution is -0.125. The summed E-state index contributed by atoms with van der Waals surface area (Å²) in [5.41, 5.74) is 0.462. The van der Waals surface area contributed by atoms with Crippen LogP contribution in [0.25, 0.3) is 10.9 Å². The molecule has 2 aromatic rings. The van der Waals surface area contributed by atoms with Gasteiger partial charge in [-0.15, -0.1) is 0 Å². The van der Waals surface area contributed by atoms with E-state index in [1.54, 1.807) is 23.1 Å². The number of aromatic amines is 1. The van der Waals surface area contributed by atoms with Gasteiger partial charge in [0.05, 0.1) is 0 Å². The van der Waals surface area contributed by atoms with Crippen molar-refractivity contribution in [2.75, 3.05) is 13.1 Å². The first-order valence-corrected chi connectivity index (χ1v) is 8.06. The molecule has 0 radical (unpaired) electrons. The van der Waals surface area contributed by atoms with E-state index in [9.17, 15) is 14.4 Å². The lowest BCUT2D eigenvalue weighted by Gasteiger charge is -2.36. The van der Waals surface area contributed by atoms with E-state index in [2.05, 4.69) is 15.6 Å². The van der Waals surface area contributed by atoms with Crippen LogP contribution in [0.2, 0.25) is 5.02 Å². The van der Waals surface area contributed by atoms with Crippen LogP contribution in [-0.4, -0.2) is 46.4 Å². The van der Waals surface area contributed by atoms with E-state index in [1.807, 2.05) is 6.07 Å². The maximum Gasteiger partial charge on any atom is 0.322 e. The molecule has 7 nitrogen and oxygen atoms in total. The van der Waals surface area contributed by atoms with Crippen molar-refractivity contribution in [3.63, 3.8) is 0 Å². The molecule has 1 aromatic carbocycles. The molecular weight excluding hydrogens is 332 g/mol. The van der Waals surface area contributed by atoms with Crippen molar-refractivity contribution in [1.29, 1.82) is 0 Å². The Bertz CT molecular complexity index is 867. The summed E-state index contributed by atoms with van der Waals surface area (Å²) in [7, 11) is 0. The largest absolute Gasteiger partial charge is 0.351 e. The van der Waals surface area contributed by atoms with Crippen molar-refractivity contribution in [2.45, 2.75) is 18.4 Å². The Labute approximate surface area is 142 Å². The number of nitrogens with one attached hydrogen (secondary N) is 3. The van der Waals surface area contributed by atoms with Crippen LogP contribution in [0.5, 0.6) is 0 Å². The molecule has 1 aromatic heterocycles. The normalized spacial score (nSPS) is 19.6. The standard InChI is InChI=1S/C16H15ClN4O3/c17-10-1-2-11-9(7-10)8-12(18-11)13(22)21-5-3-16(4-6-21)14(23)19-15(24)20-16/h1-2,7-8,18H,3-6H2,(H2,19,20,23,24). The van der Waals surface area contributed by atoms with Crippen LogP contribution in [-0.2, 0) is 4.79 Å². The van der Waals surface area contributed by atoms with Crippen molar-refractivity contribution in [3.05, 3.63) is 35.0 Å². The molecule has 124 valence electrons. The van der Waals surface area contributed by atoms with Crippen molar-refractivity contribution in [2.24, 2.45) is 0 Å². The molecule has 4 rings (SSSR count). The summed E-state index contributed by atoms with van der Waals surface area (Å²) in [5, 5.41) is 6.44. The van der Waals surface area contributed by atoms with Gasteiger partial charge in [0, 0.05) is 29.0 Å². The SMILES string of the molecule is O=C1NC(=O)C2(CCN(C(=O)c3cc4cc(Cl)ccc4[nH]3)CC2)N1. The predicted octanol–water partition coefficient (Wildman–Crippen LogP) is 1.64. The number of hydrogen-bond donors (Lipinski definition) is 3. The van der Waals surface area contributed by atoms with E-state index < -0.39 is 11.6 Å². The molecular formula is C16H15ClN4O3. The van der Waals surface area contributed by atoms with Crippen molar-refractivity contribution >= 4 is 40.3 Å². The number of piperidine rings is 1. The number of H-pyrrole nitrogens is 1. The number of hydrogen-bond acceptors (Lipinski definition) is 3. The van der Waals surface area contributed by atoms with Crippen LogP contribution in [0.4, 0.5) is 4.79 Å². The highest BCUT2D eigenvalue weighted by atomic mass is 35.5. The second-order valence-electron chi connectivity index (χ2n) is 6.20. The van der Waals surface area contributed by atoms with Gasteiger partial charge in [0.15, 0.2) is 0 Å². The molecule has 0 aliphatic carbocycles. The monoisotopic (exact) mass is 346 g/mol. The quantitative estimate of drug-likeness (QED) is 0.685. The molecule has 4 amide bonds. The Morgan fingerprint density at radius 2 is 1.92 bits per heavy atom. The number of benzene rings is 1. The molecule has 0 unspecified atom stereocenters. The zero-order valence-corrected chi connectivity index (χ0v) is 13.4. The van der Waals surface area contributed by atoms with Crippen LogP contribution >= 0.6 is 11.6 Å². The van der Waals surface area contributed by atoms with E-state index >= 15 is 0 Å². The molecule has 3 N–H and O–H groups in total. The fraction of sp³-hybridized carbons (Fsp3) is 0.312. The topological polar surface area (TPSA) is 94.3 Å². The molecule has 0 atom stereocenters. The van der Waals surface area contributed by atoms with Gasteiger partial charge in [0.25, 0.3) is 11.8 Å². The Balaban J connectivity index is 1.51. The third-order valence-electron chi connectivity index (χ3n) is 4.73. The Morgan fingerprint density at radius 1 is 1.17 bits per heavy atom. The number of amides is 4. The maximum absolute atomic E-state index is 12.7. The van der Waals surface area contributed by atoms with Gasteiger partial charge in [-0.1, -0.05) is 11.6 Å². The van der Waals surface area contributed by atoms with E-state index in [0.717, 1.165) is 10.9 Å². The first kappa shape index (κ1) is 15.0. The zero-order valence-electron chi connectivity index (χ0n) is 12.7. The minimum atomic E-state index is -0.873. The van der Waals surface area contributed by atoms with Crippen molar-refractivity contribution in [3.8, 4) is 0 Å². The number of rotatable bonds is 1.